The topological polar surface area (TPSA) is 29.5 Å². The summed E-state index contributed by atoms with van der Waals surface area (Å²) in [4.78, 5) is 12.7. The fraction of sp³-hybridized carbons (Fsp3) is 0.417. The molecule has 0 N–H and O–H groups in total. The number of benzene rings is 1. The van der Waals surface area contributed by atoms with Crippen molar-refractivity contribution in [3.63, 3.8) is 0 Å². The smallest absolute Gasteiger partial charge is 0.305 e. The van der Waals surface area contributed by atoms with Crippen LogP contribution in [0.2, 0.25) is 0 Å². The first-order chi connectivity index (χ1) is 8.04. The third kappa shape index (κ3) is 4.34. The highest BCUT2D eigenvalue weighted by Gasteiger charge is 2.08. The fourth-order valence-electron chi connectivity index (χ4n) is 1.46. The summed E-state index contributed by atoms with van der Waals surface area (Å²) in [6.45, 7) is 0.600. The van der Waals surface area contributed by atoms with Crippen molar-refractivity contribution < 1.29 is 13.9 Å². The number of methoxy groups -OCH3 is 1. The third-order valence-corrected chi connectivity index (χ3v) is 2.91. The van der Waals surface area contributed by atoms with E-state index in [9.17, 15) is 9.18 Å². The number of nitrogens with zero attached hydrogens (tertiary/aromatic N) is 1. The van der Waals surface area contributed by atoms with Crippen molar-refractivity contribution in [2.75, 3.05) is 25.6 Å². The monoisotopic (exact) mass is 303 g/mol. The molecule has 1 aromatic carbocycles. The van der Waals surface area contributed by atoms with Crippen molar-refractivity contribution in [1.82, 2.24) is 0 Å². The molecule has 0 aliphatic heterocycles. The average molecular weight is 304 g/mol. The molecule has 1 aromatic rings. The molecule has 0 aromatic heterocycles. The van der Waals surface area contributed by atoms with Gasteiger partial charge in [0.25, 0.3) is 0 Å². The summed E-state index contributed by atoms with van der Waals surface area (Å²) >= 11 is 3.30. The zero-order chi connectivity index (χ0) is 12.8. The van der Waals surface area contributed by atoms with Gasteiger partial charge in [-0.3, -0.25) is 4.79 Å². The Balaban J connectivity index is 2.54. The lowest BCUT2D eigenvalue weighted by Gasteiger charge is -2.19. The number of esters is 1. The van der Waals surface area contributed by atoms with Gasteiger partial charge in [0.2, 0.25) is 0 Å². The van der Waals surface area contributed by atoms with Crippen LogP contribution in [0.3, 0.4) is 0 Å². The number of hydrogen-bond acceptors (Lipinski definition) is 3. The summed E-state index contributed by atoms with van der Waals surface area (Å²) in [5, 5.41) is 0. The van der Waals surface area contributed by atoms with Crippen LogP contribution >= 0.6 is 15.9 Å². The Morgan fingerprint density at radius 3 is 2.88 bits per heavy atom. The van der Waals surface area contributed by atoms with Crippen LogP contribution in [0, 0.1) is 5.82 Å². The van der Waals surface area contributed by atoms with Crippen molar-refractivity contribution >= 4 is 27.6 Å². The quantitative estimate of drug-likeness (QED) is 0.783. The standard InChI is InChI=1S/C12H15BrFNO2/c1-15(7-3-4-12(16)17-2)11-8-9(13)5-6-10(11)14/h5-6,8H,3-4,7H2,1-2H3. The first-order valence-corrected chi connectivity index (χ1v) is 6.07. The molecule has 0 amide bonds. The molecular weight excluding hydrogens is 289 g/mol. The van der Waals surface area contributed by atoms with Gasteiger partial charge in [-0.05, 0) is 24.6 Å². The van der Waals surface area contributed by atoms with E-state index in [1.165, 1.54) is 13.2 Å². The molecule has 0 saturated heterocycles. The van der Waals surface area contributed by atoms with Gasteiger partial charge in [0.15, 0.2) is 0 Å². The number of halogens is 2. The molecule has 3 nitrogen and oxygen atoms in total. The number of ether oxygens (including phenoxy) is 1. The molecule has 0 heterocycles. The predicted molar refractivity (Wildman–Crippen MR) is 68.6 cm³/mol. The SMILES string of the molecule is COC(=O)CCCN(C)c1cc(Br)ccc1F. The normalized spacial score (nSPS) is 10.1. The predicted octanol–water partition coefficient (Wildman–Crippen LogP) is 2.98. The Bertz CT molecular complexity index is 398. The Morgan fingerprint density at radius 2 is 2.24 bits per heavy atom. The van der Waals surface area contributed by atoms with Crippen LogP contribution in [0.4, 0.5) is 10.1 Å². The van der Waals surface area contributed by atoms with E-state index in [1.807, 2.05) is 0 Å². The molecule has 94 valence electrons. The van der Waals surface area contributed by atoms with Gasteiger partial charge in [-0.25, -0.2) is 4.39 Å². The summed E-state index contributed by atoms with van der Waals surface area (Å²) in [7, 11) is 3.15. The lowest BCUT2D eigenvalue weighted by molar-refractivity contribution is -0.140. The van der Waals surface area contributed by atoms with Crippen molar-refractivity contribution in [2.45, 2.75) is 12.8 Å². The molecular formula is C12H15BrFNO2. The van der Waals surface area contributed by atoms with Gasteiger partial charge in [-0.1, -0.05) is 15.9 Å². The molecule has 0 radical (unpaired) electrons. The van der Waals surface area contributed by atoms with Crippen molar-refractivity contribution in [3.05, 3.63) is 28.5 Å². The molecule has 0 unspecified atom stereocenters. The Morgan fingerprint density at radius 1 is 1.53 bits per heavy atom. The molecule has 0 aliphatic rings. The van der Waals surface area contributed by atoms with Gasteiger partial charge in [-0.15, -0.1) is 0 Å². The van der Waals surface area contributed by atoms with Gasteiger partial charge in [0.05, 0.1) is 12.8 Å². The minimum atomic E-state index is -0.270. The Hall–Kier alpha value is -1.10. The van der Waals surface area contributed by atoms with E-state index in [0.29, 0.717) is 25.1 Å². The van der Waals surface area contributed by atoms with Crippen LogP contribution in [-0.2, 0) is 9.53 Å². The number of carbonyl (C=O) groups is 1. The van der Waals surface area contributed by atoms with E-state index in [1.54, 1.807) is 24.1 Å². The molecule has 0 atom stereocenters. The van der Waals surface area contributed by atoms with Crippen LogP contribution in [0.25, 0.3) is 0 Å². The molecule has 0 fully saturated rings. The van der Waals surface area contributed by atoms with Crippen molar-refractivity contribution in [2.24, 2.45) is 0 Å². The van der Waals surface area contributed by atoms with Gasteiger partial charge >= 0.3 is 5.97 Å². The maximum Gasteiger partial charge on any atom is 0.305 e. The second-order valence-electron chi connectivity index (χ2n) is 3.70. The minimum Gasteiger partial charge on any atom is -0.469 e. The van der Waals surface area contributed by atoms with Crippen molar-refractivity contribution in [3.8, 4) is 0 Å². The average Bonchev–Trinajstić information content (AvgIpc) is 2.31. The number of anilines is 1. The maximum absolute atomic E-state index is 13.5. The molecule has 1 rings (SSSR count). The van der Waals surface area contributed by atoms with E-state index in [4.69, 9.17) is 0 Å². The number of carbonyl (C=O) groups excluding carboxylic acids is 1. The molecule has 17 heavy (non-hydrogen) atoms. The van der Waals surface area contributed by atoms with E-state index in [2.05, 4.69) is 20.7 Å². The zero-order valence-corrected chi connectivity index (χ0v) is 11.5. The van der Waals surface area contributed by atoms with Crippen LogP contribution in [0.1, 0.15) is 12.8 Å². The lowest BCUT2D eigenvalue weighted by atomic mass is 10.2. The van der Waals surface area contributed by atoms with Gasteiger partial charge in [-0.2, -0.15) is 0 Å². The van der Waals surface area contributed by atoms with Gasteiger partial charge in [0, 0.05) is 24.5 Å². The second kappa shape index (κ2) is 6.59. The Labute approximate surface area is 109 Å². The molecule has 0 spiro atoms. The minimum absolute atomic E-state index is 0.242. The summed E-state index contributed by atoms with van der Waals surface area (Å²) in [5.41, 5.74) is 0.518. The highest BCUT2D eigenvalue weighted by Crippen LogP contribution is 2.23. The summed E-state index contributed by atoms with van der Waals surface area (Å²) in [5.74, 6) is -0.512. The first kappa shape index (κ1) is 14.0. The highest BCUT2D eigenvalue weighted by molar-refractivity contribution is 9.10. The summed E-state index contributed by atoms with van der Waals surface area (Å²) in [6.07, 6.45) is 0.978. The van der Waals surface area contributed by atoms with Crippen LogP contribution in [0.5, 0.6) is 0 Å². The second-order valence-corrected chi connectivity index (χ2v) is 4.61. The molecule has 5 heteroatoms. The van der Waals surface area contributed by atoms with Crippen LogP contribution < -0.4 is 4.90 Å². The van der Waals surface area contributed by atoms with Crippen molar-refractivity contribution in [1.29, 1.82) is 0 Å². The van der Waals surface area contributed by atoms with Crippen LogP contribution in [-0.4, -0.2) is 26.7 Å². The highest BCUT2D eigenvalue weighted by atomic mass is 79.9. The number of rotatable bonds is 5. The van der Waals surface area contributed by atoms with E-state index in [0.717, 1.165) is 4.47 Å². The maximum atomic E-state index is 13.5. The lowest BCUT2D eigenvalue weighted by Crippen LogP contribution is -2.20. The van der Waals surface area contributed by atoms with E-state index in [-0.39, 0.29) is 11.8 Å². The molecule has 0 saturated carbocycles. The number of hydrogen-bond donors (Lipinski definition) is 0. The largest absolute Gasteiger partial charge is 0.469 e. The van der Waals surface area contributed by atoms with Gasteiger partial charge < -0.3 is 9.64 Å². The zero-order valence-electron chi connectivity index (χ0n) is 9.87. The van der Waals surface area contributed by atoms with E-state index >= 15 is 0 Å². The first-order valence-electron chi connectivity index (χ1n) is 5.27. The summed E-state index contributed by atoms with van der Waals surface area (Å²) < 4.78 is 18.9. The fourth-order valence-corrected chi connectivity index (χ4v) is 1.81. The van der Waals surface area contributed by atoms with E-state index < -0.39 is 0 Å². The molecule has 0 aliphatic carbocycles. The third-order valence-electron chi connectivity index (χ3n) is 2.42. The summed E-state index contributed by atoms with van der Waals surface area (Å²) in [6, 6.07) is 4.78. The van der Waals surface area contributed by atoms with Crippen LogP contribution in [0.15, 0.2) is 22.7 Å². The van der Waals surface area contributed by atoms with Gasteiger partial charge in [0.1, 0.15) is 5.82 Å². The molecule has 0 bridgehead atoms. The Kier molecular flexibility index (Phi) is 5.41.